The highest BCUT2D eigenvalue weighted by molar-refractivity contribution is 6.36. The van der Waals surface area contributed by atoms with Gasteiger partial charge in [-0.3, -0.25) is 9.59 Å². The Labute approximate surface area is 121 Å². The Morgan fingerprint density at radius 2 is 1.80 bits per heavy atom. The first kappa shape index (κ1) is 13.1. The number of Topliss-reactive ketones (excluding diaryl/α,β-unsaturated/α-hetero) is 1. The van der Waals surface area contributed by atoms with Crippen molar-refractivity contribution in [2.45, 2.75) is 6.42 Å². The van der Waals surface area contributed by atoms with Gasteiger partial charge in [0.1, 0.15) is 0 Å². The first-order chi connectivity index (χ1) is 9.63. The molecular weight excluding hydrogens is 276 g/mol. The van der Waals surface area contributed by atoms with Crippen molar-refractivity contribution in [3.63, 3.8) is 0 Å². The lowest BCUT2D eigenvalue weighted by Crippen LogP contribution is -2.10. The maximum absolute atomic E-state index is 12.5. The molecule has 0 radical (unpaired) electrons. The topological polar surface area (TPSA) is 43.4 Å². The molecule has 0 bridgehead atoms. The molecule has 2 aromatic rings. The van der Waals surface area contributed by atoms with E-state index in [0.29, 0.717) is 17.0 Å². The average Bonchev–Trinajstić information content (AvgIpc) is 3.27. The van der Waals surface area contributed by atoms with Crippen LogP contribution in [0.4, 0.5) is 0 Å². The zero-order chi connectivity index (χ0) is 14.3. The standard InChI is InChI=1S/C16H13ClO3/c1-20-16(19)13-8-12(13)15(18)11-6-7-14(17)10-5-3-2-4-9(10)11/h2-7,12-13H,8H2,1H3/t12-,13+/m1/s1. The molecule has 0 aromatic heterocycles. The van der Waals surface area contributed by atoms with Crippen LogP contribution in [0.2, 0.25) is 5.02 Å². The van der Waals surface area contributed by atoms with E-state index in [4.69, 9.17) is 11.6 Å². The summed E-state index contributed by atoms with van der Waals surface area (Å²) in [5.41, 5.74) is 0.626. The summed E-state index contributed by atoms with van der Waals surface area (Å²) in [7, 11) is 1.35. The fourth-order valence-electron chi connectivity index (χ4n) is 2.57. The number of hydrogen-bond acceptors (Lipinski definition) is 3. The van der Waals surface area contributed by atoms with Gasteiger partial charge in [0.15, 0.2) is 5.78 Å². The van der Waals surface area contributed by atoms with Gasteiger partial charge >= 0.3 is 5.97 Å². The van der Waals surface area contributed by atoms with Crippen LogP contribution in [0, 0.1) is 11.8 Å². The molecule has 0 spiro atoms. The van der Waals surface area contributed by atoms with Crippen molar-refractivity contribution in [1.29, 1.82) is 0 Å². The second-order valence-corrected chi connectivity index (χ2v) is 5.38. The van der Waals surface area contributed by atoms with Crippen molar-refractivity contribution in [3.05, 3.63) is 47.0 Å². The van der Waals surface area contributed by atoms with E-state index in [1.54, 1.807) is 12.1 Å². The van der Waals surface area contributed by atoms with E-state index in [9.17, 15) is 9.59 Å². The Balaban J connectivity index is 1.98. The minimum Gasteiger partial charge on any atom is -0.469 e. The Kier molecular flexibility index (Phi) is 3.22. The van der Waals surface area contributed by atoms with Gasteiger partial charge in [0, 0.05) is 21.9 Å². The highest BCUT2D eigenvalue weighted by Crippen LogP contribution is 2.43. The van der Waals surface area contributed by atoms with Gasteiger partial charge in [-0.1, -0.05) is 35.9 Å². The van der Waals surface area contributed by atoms with Gasteiger partial charge in [0.25, 0.3) is 0 Å². The third kappa shape index (κ3) is 2.08. The van der Waals surface area contributed by atoms with Crippen molar-refractivity contribution in [1.82, 2.24) is 0 Å². The van der Waals surface area contributed by atoms with Crippen LogP contribution in [0.5, 0.6) is 0 Å². The number of fused-ring (bicyclic) bond motifs is 1. The largest absolute Gasteiger partial charge is 0.469 e. The SMILES string of the molecule is COC(=O)[C@H]1C[C@H]1C(=O)c1ccc(Cl)c2ccccc12. The molecule has 1 fully saturated rings. The second-order valence-electron chi connectivity index (χ2n) is 4.98. The Morgan fingerprint density at radius 1 is 1.10 bits per heavy atom. The van der Waals surface area contributed by atoms with Crippen LogP contribution in [0.15, 0.2) is 36.4 Å². The Morgan fingerprint density at radius 3 is 2.50 bits per heavy atom. The van der Waals surface area contributed by atoms with Gasteiger partial charge in [-0.05, 0) is 23.9 Å². The van der Waals surface area contributed by atoms with Gasteiger partial charge in [0.05, 0.1) is 13.0 Å². The minimum atomic E-state index is -0.304. The maximum atomic E-state index is 12.5. The van der Waals surface area contributed by atoms with E-state index in [2.05, 4.69) is 4.74 Å². The van der Waals surface area contributed by atoms with E-state index >= 15 is 0 Å². The third-order valence-electron chi connectivity index (χ3n) is 3.77. The molecule has 0 aliphatic heterocycles. The van der Waals surface area contributed by atoms with E-state index < -0.39 is 0 Å². The number of halogens is 1. The third-order valence-corrected chi connectivity index (χ3v) is 4.10. The summed E-state index contributed by atoms with van der Waals surface area (Å²) in [6.07, 6.45) is 0.572. The van der Waals surface area contributed by atoms with Crippen LogP contribution < -0.4 is 0 Å². The average molecular weight is 289 g/mol. The first-order valence-corrected chi connectivity index (χ1v) is 6.80. The molecule has 0 unspecified atom stereocenters. The molecular formula is C16H13ClO3. The molecule has 102 valence electrons. The fraction of sp³-hybridized carbons (Fsp3) is 0.250. The van der Waals surface area contributed by atoms with E-state index in [1.807, 2.05) is 24.3 Å². The molecule has 1 aliphatic rings. The predicted octanol–water partition coefficient (Wildman–Crippen LogP) is 3.49. The summed E-state index contributed by atoms with van der Waals surface area (Å²) >= 11 is 6.15. The molecule has 0 saturated heterocycles. The van der Waals surface area contributed by atoms with Crippen molar-refractivity contribution in [2.24, 2.45) is 11.8 Å². The number of benzene rings is 2. The van der Waals surface area contributed by atoms with Crippen LogP contribution in [0.1, 0.15) is 16.8 Å². The fourth-order valence-corrected chi connectivity index (χ4v) is 2.80. The summed E-state index contributed by atoms with van der Waals surface area (Å²) in [6, 6.07) is 11.0. The van der Waals surface area contributed by atoms with Crippen LogP contribution in [0.25, 0.3) is 10.8 Å². The summed E-state index contributed by atoms with van der Waals surface area (Å²) in [4.78, 5) is 24.0. The summed E-state index contributed by atoms with van der Waals surface area (Å²) in [5.74, 6) is -0.858. The molecule has 0 heterocycles. The lowest BCUT2D eigenvalue weighted by Gasteiger charge is -2.07. The van der Waals surface area contributed by atoms with Crippen LogP contribution in [-0.2, 0) is 9.53 Å². The lowest BCUT2D eigenvalue weighted by molar-refractivity contribution is -0.142. The zero-order valence-corrected chi connectivity index (χ0v) is 11.7. The molecule has 0 amide bonds. The number of hydrogen-bond donors (Lipinski definition) is 0. The van der Waals surface area contributed by atoms with Crippen molar-refractivity contribution < 1.29 is 14.3 Å². The number of carbonyl (C=O) groups excluding carboxylic acids is 2. The van der Waals surface area contributed by atoms with Gasteiger partial charge in [-0.2, -0.15) is 0 Å². The second kappa shape index (κ2) is 4.91. The van der Waals surface area contributed by atoms with E-state index in [-0.39, 0.29) is 23.6 Å². The normalized spacial score (nSPS) is 20.7. The van der Waals surface area contributed by atoms with Crippen molar-refractivity contribution in [2.75, 3.05) is 7.11 Å². The highest BCUT2D eigenvalue weighted by atomic mass is 35.5. The smallest absolute Gasteiger partial charge is 0.309 e. The van der Waals surface area contributed by atoms with Crippen LogP contribution in [-0.4, -0.2) is 18.9 Å². The Bertz CT molecular complexity index is 708. The molecule has 4 heteroatoms. The monoisotopic (exact) mass is 288 g/mol. The molecule has 1 saturated carbocycles. The number of methoxy groups -OCH3 is 1. The summed E-state index contributed by atoms with van der Waals surface area (Å²) in [6.45, 7) is 0. The highest BCUT2D eigenvalue weighted by Gasteiger charge is 2.49. The molecule has 20 heavy (non-hydrogen) atoms. The molecule has 3 rings (SSSR count). The van der Waals surface area contributed by atoms with Gasteiger partial charge < -0.3 is 4.74 Å². The minimum absolute atomic E-state index is 0.00623. The summed E-state index contributed by atoms with van der Waals surface area (Å²) in [5, 5.41) is 2.31. The van der Waals surface area contributed by atoms with Crippen molar-refractivity contribution >= 4 is 34.1 Å². The number of rotatable bonds is 3. The lowest BCUT2D eigenvalue weighted by atomic mass is 9.98. The molecule has 2 atom stereocenters. The first-order valence-electron chi connectivity index (χ1n) is 6.42. The number of ether oxygens (including phenoxy) is 1. The molecule has 0 N–H and O–H groups in total. The number of esters is 1. The quantitative estimate of drug-likeness (QED) is 0.641. The van der Waals surface area contributed by atoms with E-state index in [0.717, 1.165) is 10.8 Å². The van der Waals surface area contributed by atoms with Crippen LogP contribution in [0.3, 0.4) is 0 Å². The molecule has 3 nitrogen and oxygen atoms in total. The van der Waals surface area contributed by atoms with Gasteiger partial charge in [-0.15, -0.1) is 0 Å². The molecule has 2 aromatic carbocycles. The predicted molar refractivity (Wildman–Crippen MR) is 76.9 cm³/mol. The zero-order valence-electron chi connectivity index (χ0n) is 10.9. The Hall–Kier alpha value is -1.87. The number of carbonyl (C=O) groups is 2. The summed E-state index contributed by atoms with van der Waals surface area (Å²) < 4.78 is 4.68. The van der Waals surface area contributed by atoms with Gasteiger partial charge in [-0.25, -0.2) is 0 Å². The van der Waals surface area contributed by atoms with Crippen molar-refractivity contribution in [3.8, 4) is 0 Å². The molecule has 1 aliphatic carbocycles. The van der Waals surface area contributed by atoms with Gasteiger partial charge in [0.2, 0.25) is 0 Å². The van der Waals surface area contributed by atoms with Crippen LogP contribution >= 0.6 is 11.6 Å². The van der Waals surface area contributed by atoms with E-state index in [1.165, 1.54) is 7.11 Å². The number of ketones is 1. The maximum Gasteiger partial charge on any atom is 0.309 e.